The summed E-state index contributed by atoms with van der Waals surface area (Å²) in [6.45, 7) is 1.94. The minimum absolute atomic E-state index is 0.125. The molecule has 2 atom stereocenters. The van der Waals surface area contributed by atoms with Gasteiger partial charge in [0.15, 0.2) is 5.01 Å². The third kappa shape index (κ3) is 4.12. The number of hydrogen-bond donors (Lipinski definition) is 2. The Morgan fingerprint density at radius 1 is 1.09 bits per heavy atom. The molecule has 23 heavy (non-hydrogen) atoms. The lowest BCUT2D eigenvalue weighted by atomic mass is 10.0. The van der Waals surface area contributed by atoms with Crippen LogP contribution in [0.4, 0.5) is 5.13 Å². The van der Waals surface area contributed by atoms with Crippen molar-refractivity contribution in [3.8, 4) is 10.7 Å². The van der Waals surface area contributed by atoms with Gasteiger partial charge in [-0.25, -0.2) is 0 Å². The number of rotatable bonds is 6. The van der Waals surface area contributed by atoms with Crippen molar-refractivity contribution in [2.75, 3.05) is 5.32 Å². The van der Waals surface area contributed by atoms with Crippen LogP contribution in [0.3, 0.4) is 0 Å². The minimum atomic E-state index is -0.500. The molecule has 0 unspecified atom stereocenters. The highest BCUT2D eigenvalue weighted by Gasteiger charge is 2.17. The summed E-state index contributed by atoms with van der Waals surface area (Å²) in [5.74, 6) is 0. The summed E-state index contributed by atoms with van der Waals surface area (Å²) in [5, 5.41) is 23.3. The topological polar surface area (TPSA) is 70.9 Å². The van der Waals surface area contributed by atoms with Gasteiger partial charge in [-0.05, 0) is 24.6 Å². The molecular formula is C17H18N4OS. The second kappa shape index (κ2) is 7.30. The Kier molecular flexibility index (Phi) is 4.95. The standard InChI is InChI=1S/C17H18N4OS/c1-12(15(22)11-13-7-3-2-4-8-13)19-17-21-20-16(23-17)14-9-5-6-10-18-14/h2-10,12,15,22H,11H2,1H3,(H,19,21)/t12-,15+/m0/s1. The number of hydrogen-bond acceptors (Lipinski definition) is 6. The van der Waals surface area contributed by atoms with Crippen LogP contribution < -0.4 is 5.32 Å². The van der Waals surface area contributed by atoms with Gasteiger partial charge in [-0.3, -0.25) is 4.98 Å². The van der Waals surface area contributed by atoms with Gasteiger partial charge in [0.2, 0.25) is 5.13 Å². The fraction of sp³-hybridized carbons (Fsp3) is 0.235. The third-order valence-corrected chi connectivity index (χ3v) is 4.40. The van der Waals surface area contributed by atoms with E-state index in [2.05, 4.69) is 20.5 Å². The molecule has 2 N–H and O–H groups in total. The maximum absolute atomic E-state index is 10.3. The van der Waals surface area contributed by atoms with E-state index in [0.717, 1.165) is 16.3 Å². The van der Waals surface area contributed by atoms with E-state index in [1.165, 1.54) is 11.3 Å². The number of anilines is 1. The fourth-order valence-electron chi connectivity index (χ4n) is 2.20. The van der Waals surface area contributed by atoms with Crippen molar-refractivity contribution in [2.45, 2.75) is 25.5 Å². The predicted octanol–water partition coefficient (Wildman–Crippen LogP) is 3.00. The molecule has 1 aromatic carbocycles. The molecule has 118 valence electrons. The average Bonchev–Trinajstić information content (AvgIpc) is 3.05. The van der Waals surface area contributed by atoms with Crippen LogP contribution in [0.25, 0.3) is 10.7 Å². The molecule has 0 bridgehead atoms. The van der Waals surface area contributed by atoms with Gasteiger partial charge in [-0.2, -0.15) is 0 Å². The van der Waals surface area contributed by atoms with Crippen LogP contribution in [0.2, 0.25) is 0 Å². The second-order valence-electron chi connectivity index (χ2n) is 5.32. The van der Waals surface area contributed by atoms with Gasteiger partial charge in [-0.15, -0.1) is 10.2 Å². The van der Waals surface area contributed by atoms with Crippen LogP contribution in [0.1, 0.15) is 12.5 Å². The smallest absolute Gasteiger partial charge is 0.206 e. The van der Waals surface area contributed by atoms with E-state index in [1.807, 2.05) is 55.5 Å². The molecule has 0 aliphatic carbocycles. The molecule has 0 fully saturated rings. The van der Waals surface area contributed by atoms with Gasteiger partial charge < -0.3 is 10.4 Å². The summed E-state index contributed by atoms with van der Waals surface area (Å²) in [5.41, 5.74) is 1.91. The van der Waals surface area contributed by atoms with Crippen LogP contribution in [0.15, 0.2) is 54.7 Å². The van der Waals surface area contributed by atoms with Crippen molar-refractivity contribution in [1.29, 1.82) is 0 Å². The van der Waals surface area contributed by atoms with Crippen molar-refractivity contribution < 1.29 is 5.11 Å². The molecule has 5 nitrogen and oxygen atoms in total. The third-order valence-electron chi connectivity index (χ3n) is 3.52. The van der Waals surface area contributed by atoms with E-state index in [4.69, 9.17) is 0 Å². The van der Waals surface area contributed by atoms with Crippen LogP contribution in [0.5, 0.6) is 0 Å². The van der Waals surface area contributed by atoms with Crippen molar-refractivity contribution in [1.82, 2.24) is 15.2 Å². The molecule has 0 aliphatic rings. The van der Waals surface area contributed by atoms with Gasteiger partial charge in [0, 0.05) is 12.6 Å². The van der Waals surface area contributed by atoms with E-state index in [0.29, 0.717) is 11.6 Å². The Morgan fingerprint density at radius 3 is 2.61 bits per heavy atom. The number of aliphatic hydroxyl groups excluding tert-OH is 1. The number of nitrogens with zero attached hydrogens (tertiary/aromatic N) is 3. The quantitative estimate of drug-likeness (QED) is 0.728. The van der Waals surface area contributed by atoms with Crippen molar-refractivity contribution in [3.63, 3.8) is 0 Å². The highest BCUT2D eigenvalue weighted by Crippen LogP contribution is 2.25. The SMILES string of the molecule is C[C@H](Nc1nnc(-c2ccccn2)s1)[C@H](O)Cc1ccccc1. The first-order valence-electron chi connectivity index (χ1n) is 7.46. The van der Waals surface area contributed by atoms with E-state index in [-0.39, 0.29) is 6.04 Å². The summed E-state index contributed by atoms with van der Waals surface area (Å²) >= 11 is 1.43. The Morgan fingerprint density at radius 2 is 1.87 bits per heavy atom. The molecular weight excluding hydrogens is 308 g/mol. The number of pyridine rings is 1. The molecule has 0 spiro atoms. The summed E-state index contributed by atoms with van der Waals surface area (Å²) in [4.78, 5) is 4.26. The maximum atomic E-state index is 10.3. The Labute approximate surface area is 139 Å². The number of aromatic nitrogens is 3. The molecule has 0 radical (unpaired) electrons. The zero-order valence-electron chi connectivity index (χ0n) is 12.8. The molecule has 0 saturated carbocycles. The van der Waals surface area contributed by atoms with Crippen molar-refractivity contribution in [2.24, 2.45) is 0 Å². The van der Waals surface area contributed by atoms with Gasteiger partial charge in [0.05, 0.1) is 12.1 Å². The zero-order valence-corrected chi connectivity index (χ0v) is 13.6. The summed E-state index contributed by atoms with van der Waals surface area (Å²) in [6, 6.07) is 15.5. The lowest BCUT2D eigenvalue weighted by molar-refractivity contribution is 0.158. The Hall–Kier alpha value is -2.31. The highest BCUT2D eigenvalue weighted by atomic mass is 32.1. The molecule has 2 aromatic heterocycles. The molecule has 2 heterocycles. The fourth-order valence-corrected chi connectivity index (χ4v) is 3.01. The van der Waals surface area contributed by atoms with Crippen molar-refractivity contribution in [3.05, 3.63) is 60.3 Å². The lowest BCUT2D eigenvalue weighted by Crippen LogP contribution is -2.32. The molecule has 0 aliphatic heterocycles. The Bertz CT molecular complexity index is 733. The van der Waals surface area contributed by atoms with Gasteiger partial charge in [0.1, 0.15) is 5.69 Å². The van der Waals surface area contributed by atoms with Gasteiger partial charge in [-0.1, -0.05) is 47.7 Å². The average molecular weight is 326 g/mol. The van der Waals surface area contributed by atoms with Crippen LogP contribution >= 0.6 is 11.3 Å². The summed E-state index contributed by atoms with van der Waals surface area (Å²) in [7, 11) is 0. The molecule has 3 aromatic rings. The van der Waals surface area contributed by atoms with Gasteiger partial charge in [0.25, 0.3) is 0 Å². The monoisotopic (exact) mass is 326 g/mol. The lowest BCUT2D eigenvalue weighted by Gasteiger charge is -2.19. The van der Waals surface area contributed by atoms with E-state index >= 15 is 0 Å². The van der Waals surface area contributed by atoms with Crippen LogP contribution in [-0.2, 0) is 6.42 Å². The van der Waals surface area contributed by atoms with E-state index in [1.54, 1.807) is 6.20 Å². The number of nitrogens with one attached hydrogen (secondary N) is 1. The highest BCUT2D eigenvalue weighted by molar-refractivity contribution is 7.18. The molecule has 6 heteroatoms. The van der Waals surface area contributed by atoms with Crippen LogP contribution in [-0.4, -0.2) is 32.4 Å². The first-order chi connectivity index (χ1) is 11.2. The summed E-state index contributed by atoms with van der Waals surface area (Å²) < 4.78 is 0. The van der Waals surface area contributed by atoms with Gasteiger partial charge >= 0.3 is 0 Å². The second-order valence-corrected chi connectivity index (χ2v) is 6.29. The van der Waals surface area contributed by atoms with E-state index < -0.39 is 6.10 Å². The van der Waals surface area contributed by atoms with Crippen LogP contribution in [0, 0.1) is 0 Å². The largest absolute Gasteiger partial charge is 0.391 e. The summed E-state index contributed by atoms with van der Waals surface area (Å²) in [6.07, 6.45) is 1.83. The first-order valence-corrected chi connectivity index (χ1v) is 8.27. The first kappa shape index (κ1) is 15.6. The number of benzene rings is 1. The normalized spacial score (nSPS) is 13.5. The molecule has 3 rings (SSSR count). The molecule has 0 saturated heterocycles. The zero-order chi connectivity index (χ0) is 16.1. The van der Waals surface area contributed by atoms with E-state index in [9.17, 15) is 5.11 Å². The molecule has 0 amide bonds. The van der Waals surface area contributed by atoms with Crippen molar-refractivity contribution >= 4 is 16.5 Å². The maximum Gasteiger partial charge on any atom is 0.206 e. The predicted molar refractivity (Wildman–Crippen MR) is 92.4 cm³/mol. The minimum Gasteiger partial charge on any atom is -0.391 e. The number of aliphatic hydroxyl groups is 1. The Balaban J connectivity index is 1.62.